The molecular weight excluding hydrogens is 510 g/mol. The fourth-order valence-electron chi connectivity index (χ4n) is 3.06. The molecule has 0 saturated heterocycles. The molecule has 16 nitrogen and oxygen atoms in total. The number of nitrogens with one attached hydrogen (secondary N) is 6. The number of aromatic amines is 2. The number of nitrogens with two attached hydrogens (primary N) is 3. The van der Waals surface area contributed by atoms with Crippen LogP contribution in [0.1, 0.15) is 33.8 Å². The summed E-state index contributed by atoms with van der Waals surface area (Å²) in [7, 11) is 0. The molecular formula is C23H29N11O5. The monoisotopic (exact) mass is 539 g/mol. The second-order valence-electron chi connectivity index (χ2n) is 7.96. The summed E-state index contributed by atoms with van der Waals surface area (Å²) in [5.41, 5.74) is 16.4. The Balaban J connectivity index is 1.89. The number of carbonyl (C=O) groups is 5. The van der Waals surface area contributed by atoms with E-state index in [1.165, 1.54) is 24.5 Å². The van der Waals surface area contributed by atoms with Gasteiger partial charge < -0.3 is 53.2 Å². The molecule has 0 fully saturated rings. The van der Waals surface area contributed by atoms with Gasteiger partial charge in [-0.3, -0.25) is 19.2 Å². The quantitative estimate of drug-likeness (QED) is 0.0578. The number of hydrogen-bond donors (Lipinski definition) is 9. The van der Waals surface area contributed by atoms with Crippen LogP contribution in [0.25, 0.3) is 0 Å². The number of hydrogen-bond acceptors (Lipinski definition) is 8. The number of aldehydes is 1. The number of aromatic nitrogens is 2. The van der Waals surface area contributed by atoms with Gasteiger partial charge in [0.25, 0.3) is 11.8 Å². The number of rotatable bonds is 14. The lowest BCUT2D eigenvalue weighted by molar-refractivity contribution is -0.124. The fraction of sp³-hybridized carbons (Fsp3) is 0.261. The van der Waals surface area contributed by atoms with Crippen LogP contribution in [-0.2, 0) is 14.4 Å². The van der Waals surface area contributed by atoms with E-state index in [9.17, 15) is 29.2 Å². The molecule has 12 N–H and O–H groups in total. The number of nitrogens with zero attached hydrogens (tertiary/aromatic N) is 2. The lowest BCUT2D eigenvalue weighted by Crippen LogP contribution is -2.41. The van der Waals surface area contributed by atoms with Gasteiger partial charge in [0.05, 0.1) is 29.9 Å². The van der Waals surface area contributed by atoms with Crippen molar-refractivity contribution in [1.29, 1.82) is 5.26 Å². The standard InChI is InChI=1S/C23H29N11O5/c24-4-2-1-3-13(12-35)31-19(36)7-14(8-25)33-21(38)18-6-16(10-29-18)34-22(39)17-5-15(9-28-17)32-20(37)11-30-23(26)27/h1-2,5-6,9-10,12-14,28-29H,3-4,7,11,24H2,(H,31,36)(H,32,37)(H,33,38)(H,34,39)(H4,26,27,30)/b2-1+. The van der Waals surface area contributed by atoms with Gasteiger partial charge in [-0.1, -0.05) is 12.2 Å². The Bertz CT molecular complexity index is 1280. The minimum Gasteiger partial charge on any atom is -0.370 e. The molecule has 0 aliphatic heterocycles. The topological polar surface area (TPSA) is 279 Å². The van der Waals surface area contributed by atoms with Crippen molar-refractivity contribution in [3.63, 3.8) is 0 Å². The highest BCUT2D eigenvalue weighted by Crippen LogP contribution is 2.14. The van der Waals surface area contributed by atoms with Crippen LogP contribution in [-0.4, -0.2) is 71.0 Å². The second kappa shape index (κ2) is 15.0. The van der Waals surface area contributed by atoms with Gasteiger partial charge in [0.2, 0.25) is 11.8 Å². The smallest absolute Gasteiger partial charge is 0.272 e. The number of aliphatic imine (C=N–C) groups is 1. The van der Waals surface area contributed by atoms with Crippen LogP contribution in [0.3, 0.4) is 0 Å². The van der Waals surface area contributed by atoms with Gasteiger partial charge in [0.15, 0.2) is 5.96 Å². The molecule has 4 amide bonds. The van der Waals surface area contributed by atoms with Crippen LogP contribution < -0.4 is 38.5 Å². The number of H-pyrrole nitrogens is 2. The minimum atomic E-state index is -1.18. The van der Waals surface area contributed by atoms with Crippen molar-refractivity contribution >= 4 is 47.2 Å². The average Bonchev–Trinajstić information content (AvgIpc) is 3.56. The lowest BCUT2D eigenvalue weighted by Gasteiger charge is -2.14. The van der Waals surface area contributed by atoms with E-state index in [0.29, 0.717) is 18.5 Å². The van der Waals surface area contributed by atoms with Gasteiger partial charge in [-0.2, -0.15) is 5.26 Å². The third kappa shape index (κ3) is 10.2. The highest BCUT2D eigenvalue weighted by molar-refractivity contribution is 6.05. The van der Waals surface area contributed by atoms with Gasteiger partial charge in [-0.05, 0) is 18.6 Å². The maximum atomic E-state index is 12.5. The molecule has 0 bridgehead atoms. The molecule has 39 heavy (non-hydrogen) atoms. The molecule has 0 aliphatic carbocycles. The highest BCUT2D eigenvalue weighted by Gasteiger charge is 2.20. The summed E-state index contributed by atoms with van der Waals surface area (Å²) in [5, 5.41) is 19.3. The van der Waals surface area contributed by atoms with Gasteiger partial charge >= 0.3 is 0 Å². The Hall–Kier alpha value is -5.43. The zero-order chi connectivity index (χ0) is 28.8. The fourth-order valence-corrected chi connectivity index (χ4v) is 3.06. The van der Waals surface area contributed by atoms with E-state index in [-0.39, 0.29) is 42.4 Å². The van der Waals surface area contributed by atoms with Gasteiger partial charge in [-0.15, -0.1) is 0 Å². The summed E-state index contributed by atoms with van der Waals surface area (Å²) >= 11 is 0. The van der Waals surface area contributed by atoms with E-state index in [2.05, 4.69) is 36.2 Å². The predicted molar refractivity (Wildman–Crippen MR) is 141 cm³/mol. The molecule has 0 radical (unpaired) electrons. The first-order chi connectivity index (χ1) is 18.6. The third-order valence-electron chi connectivity index (χ3n) is 4.86. The lowest BCUT2D eigenvalue weighted by atomic mass is 10.1. The first-order valence-electron chi connectivity index (χ1n) is 11.5. The van der Waals surface area contributed by atoms with Crippen LogP contribution in [0.2, 0.25) is 0 Å². The van der Waals surface area contributed by atoms with E-state index < -0.39 is 35.7 Å². The summed E-state index contributed by atoms with van der Waals surface area (Å²) in [4.78, 5) is 69.1. The van der Waals surface area contributed by atoms with Crippen molar-refractivity contribution in [2.75, 3.05) is 23.7 Å². The molecule has 2 aromatic heterocycles. The van der Waals surface area contributed by atoms with E-state index in [0.717, 1.165) is 0 Å². The first-order valence-corrected chi connectivity index (χ1v) is 11.5. The molecule has 0 aromatic carbocycles. The van der Waals surface area contributed by atoms with Gasteiger partial charge in [0.1, 0.15) is 30.3 Å². The van der Waals surface area contributed by atoms with E-state index >= 15 is 0 Å². The van der Waals surface area contributed by atoms with E-state index in [4.69, 9.17) is 17.2 Å². The van der Waals surface area contributed by atoms with Crippen molar-refractivity contribution in [2.24, 2.45) is 22.2 Å². The Morgan fingerprint density at radius 1 is 0.974 bits per heavy atom. The van der Waals surface area contributed by atoms with Gasteiger partial charge in [-0.25, -0.2) is 4.99 Å². The summed E-state index contributed by atoms with van der Waals surface area (Å²) in [5.74, 6) is -2.59. The summed E-state index contributed by atoms with van der Waals surface area (Å²) in [6.45, 7) is 0.00812. The molecule has 2 aromatic rings. The molecule has 0 spiro atoms. The Morgan fingerprint density at radius 2 is 1.62 bits per heavy atom. The molecule has 0 aliphatic rings. The molecule has 2 unspecified atom stereocenters. The molecule has 2 rings (SSSR count). The van der Waals surface area contributed by atoms with Gasteiger partial charge in [0, 0.05) is 18.9 Å². The molecule has 0 saturated carbocycles. The number of amides is 4. The average molecular weight is 540 g/mol. The SMILES string of the molecule is N#CC(CC(=O)NC(C=O)C/C=C/CN)NC(=O)c1cc(NC(=O)c2cc(NC(=O)CN=C(N)N)c[nH]2)c[nH]1. The van der Waals surface area contributed by atoms with Crippen LogP contribution in [0, 0.1) is 11.3 Å². The third-order valence-corrected chi connectivity index (χ3v) is 4.86. The van der Waals surface area contributed by atoms with Crippen LogP contribution >= 0.6 is 0 Å². The molecule has 2 atom stereocenters. The minimum absolute atomic E-state index is 0.0165. The number of carbonyl (C=O) groups excluding carboxylic acids is 5. The van der Waals surface area contributed by atoms with E-state index in [1.807, 2.05) is 6.07 Å². The van der Waals surface area contributed by atoms with E-state index in [1.54, 1.807) is 12.2 Å². The molecule has 206 valence electrons. The Labute approximate surface area is 222 Å². The van der Waals surface area contributed by atoms with Crippen LogP contribution in [0.4, 0.5) is 11.4 Å². The van der Waals surface area contributed by atoms with Crippen molar-refractivity contribution in [3.05, 3.63) is 48.1 Å². The second-order valence-corrected chi connectivity index (χ2v) is 7.96. The zero-order valence-corrected chi connectivity index (χ0v) is 20.7. The van der Waals surface area contributed by atoms with Crippen molar-refractivity contribution in [1.82, 2.24) is 20.6 Å². The van der Waals surface area contributed by atoms with Crippen LogP contribution in [0.15, 0.2) is 41.7 Å². The Morgan fingerprint density at radius 3 is 2.21 bits per heavy atom. The maximum absolute atomic E-state index is 12.5. The number of nitriles is 1. The first kappa shape index (κ1) is 29.8. The van der Waals surface area contributed by atoms with Crippen molar-refractivity contribution < 1.29 is 24.0 Å². The summed E-state index contributed by atoms with van der Waals surface area (Å²) < 4.78 is 0. The number of anilines is 2. The van der Waals surface area contributed by atoms with Crippen molar-refractivity contribution in [3.8, 4) is 6.07 Å². The molecule has 2 heterocycles. The molecule has 16 heteroatoms. The highest BCUT2D eigenvalue weighted by atomic mass is 16.2. The number of guanidine groups is 1. The van der Waals surface area contributed by atoms with Crippen molar-refractivity contribution in [2.45, 2.75) is 24.9 Å². The normalized spacial score (nSPS) is 12.0. The summed E-state index contributed by atoms with van der Waals surface area (Å²) in [6.07, 6.45) is 6.46. The maximum Gasteiger partial charge on any atom is 0.272 e. The zero-order valence-electron chi connectivity index (χ0n) is 20.7. The predicted octanol–water partition coefficient (Wildman–Crippen LogP) is -1.59. The summed E-state index contributed by atoms with van der Waals surface area (Å²) in [6, 6.07) is 2.56. The van der Waals surface area contributed by atoms with Crippen LogP contribution in [0.5, 0.6) is 0 Å². The largest absolute Gasteiger partial charge is 0.370 e. The Kier molecular flexibility index (Phi) is 11.4.